The Morgan fingerprint density at radius 1 is 1.24 bits per heavy atom. The first-order chi connectivity index (χ1) is 9.86. The number of carbonyl (C=O) groups is 2. The molecule has 2 N–H and O–H groups in total. The van der Waals surface area contributed by atoms with Gasteiger partial charge in [0.05, 0.1) is 18.6 Å². The van der Waals surface area contributed by atoms with E-state index in [1.54, 1.807) is 20.8 Å². The van der Waals surface area contributed by atoms with E-state index in [0.717, 1.165) is 5.56 Å². The van der Waals surface area contributed by atoms with Crippen LogP contribution in [0.3, 0.4) is 0 Å². The lowest BCUT2D eigenvalue weighted by atomic mass is 9.93. The Morgan fingerprint density at radius 2 is 1.86 bits per heavy atom. The minimum atomic E-state index is -0.664. The zero-order chi connectivity index (χ0) is 15.9. The van der Waals surface area contributed by atoms with E-state index in [4.69, 9.17) is 4.74 Å². The van der Waals surface area contributed by atoms with E-state index in [9.17, 15) is 9.59 Å². The number of esters is 1. The maximum atomic E-state index is 12.0. The number of carbonyl (C=O) groups excluding carboxylic acids is 2. The van der Waals surface area contributed by atoms with Gasteiger partial charge in [0.2, 0.25) is 5.91 Å². The van der Waals surface area contributed by atoms with Crippen molar-refractivity contribution in [1.29, 1.82) is 0 Å². The Balaban J connectivity index is 2.39. The lowest BCUT2D eigenvalue weighted by molar-refractivity contribution is -0.150. The minimum Gasteiger partial charge on any atom is -0.469 e. The van der Waals surface area contributed by atoms with Crippen molar-refractivity contribution in [3.8, 4) is 0 Å². The molecular weight excluding hydrogens is 268 g/mol. The summed E-state index contributed by atoms with van der Waals surface area (Å²) in [5.74, 6) is -0.397. The van der Waals surface area contributed by atoms with Crippen LogP contribution in [0.4, 0.5) is 0 Å². The van der Waals surface area contributed by atoms with Gasteiger partial charge in [-0.3, -0.25) is 9.59 Å². The summed E-state index contributed by atoms with van der Waals surface area (Å²) in [5, 5.41) is 5.92. The summed E-state index contributed by atoms with van der Waals surface area (Å²) >= 11 is 0. The summed E-state index contributed by atoms with van der Waals surface area (Å²) in [6.07, 6.45) is 0. The molecule has 5 heteroatoms. The molecule has 1 rings (SSSR count). The third-order valence-electron chi connectivity index (χ3n) is 3.29. The average molecular weight is 292 g/mol. The third-order valence-corrected chi connectivity index (χ3v) is 3.29. The standard InChI is InChI=1S/C16H24N2O3/c1-12(18-11-16(2,3)15(20)21-4)14(19)17-10-13-8-6-5-7-9-13/h5-9,12,18H,10-11H2,1-4H3,(H,17,19). The maximum absolute atomic E-state index is 12.0. The zero-order valence-corrected chi connectivity index (χ0v) is 13.1. The Kier molecular flexibility index (Phi) is 6.37. The van der Waals surface area contributed by atoms with Crippen LogP contribution < -0.4 is 10.6 Å². The van der Waals surface area contributed by atoms with Gasteiger partial charge in [0.1, 0.15) is 0 Å². The monoisotopic (exact) mass is 292 g/mol. The number of benzene rings is 1. The molecule has 0 bridgehead atoms. The Labute approximate surface area is 126 Å². The van der Waals surface area contributed by atoms with Crippen LogP contribution in [0.15, 0.2) is 30.3 Å². The highest BCUT2D eigenvalue weighted by Gasteiger charge is 2.29. The van der Waals surface area contributed by atoms with Crippen molar-refractivity contribution in [3.63, 3.8) is 0 Å². The predicted molar refractivity (Wildman–Crippen MR) is 81.6 cm³/mol. The van der Waals surface area contributed by atoms with Crippen LogP contribution >= 0.6 is 0 Å². The molecule has 0 aliphatic heterocycles. The fourth-order valence-electron chi connectivity index (χ4n) is 1.79. The first-order valence-electron chi connectivity index (χ1n) is 7.00. The van der Waals surface area contributed by atoms with Gasteiger partial charge in [0, 0.05) is 13.1 Å². The lowest BCUT2D eigenvalue weighted by Gasteiger charge is -2.24. The summed E-state index contributed by atoms with van der Waals surface area (Å²) in [5.41, 5.74) is 0.385. The van der Waals surface area contributed by atoms with Crippen molar-refractivity contribution in [3.05, 3.63) is 35.9 Å². The maximum Gasteiger partial charge on any atom is 0.312 e. The van der Waals surface area contributed by atoms with Crippen molar-refractivity contribution >= 4 is 11.9 Å². The van der Waals surface area contributed by atoms with Crippen LogP contribution in [-0.2, 0) is 20.9 Å². The van der Waals surface area contributed by atoms with E-state index in [-0.39, 0.29) is 17.9 Å². The molecule has 0 heterocycles. The summed E-state index contributed by atoms with van der Waals surface area (Å²) < 4.78 is 4.73. The highest BCUT2D eigenvalue weighted by molar-refractivity contribution is 5.81. The quantitative estimate of drug-likeness (QED) is 0.747. The number of ether oxygens (including phenoxy) is 1. The molecule has 1 aromatic carbocycles. The summed E-state index contributed by atoms with van der Waals surface area (Å²) in [4.78, 5) is 23.5. The van der Waals surface area contributed by atoms with Crippen LogP contribution in [-0.4, -0.2) is 31.6 Å². The SMILES string of the molecule is COC(=O)C(C)(C)CNC(C)C(=O)NCc1ccccc1. The molecule has 0 aliphatic carbocycles. The van der Waals surface area contributed by atoms with Crippen LogP contribution in [0.25, 0.3) is 0 Å². The third kappa shape index (κ3) is 5.55. The van der Waals surface area contributed by atoms with E-state index >= 15 is 0 Å². The molecule has 1 unspecified atom stereocenters. The largest absolute Gasteiger partial charge is 0.469 e. The second-order valence-corrected chi connectivity index (χ2v) is 5.68. The van der Waals surface area contributed by atoms with Gasteiger partial charge >= 0.3 is 5.97 Å². The number of amides is 1. The summed E-state index contributed by atoms with van der Waals surface area (Å²) in [7, 11) is 1.36. The van der Waals surface area contributed by atoms with Crippen LogP contribution in [0.2, 0.25) is 0 Å². The first kappa shape index (κ1) is 17.2. The van der Waals surface area contributed by atoms with Gasteiger partial charge in [-0.2, -0.15) is 0 Å². The van der Waals surface area contributed by atoms with Gasteiger partial charge < -0.3 is 15.4 Å². The highest BCUT2D eigenvalue weighted by Crippen LogP contribution is 2.15. The molecule has 0 fully saturated rings. The Morgan fingerprint density at radius 3 is 2.43 bits per heavy atom. The first-order valence-corrected chi connectivity index (χ1v) is 7.00. The van der Waals surface area contributed by atoms with Crippen LogP contribution in [0.1, 0.15) is 26.3 Å². The second kappa shape index (κ2) is 7.78. The van der Waals surface area contributed by atoms with Gasteiger partial charge in [-0.25, -0.2) is 0 Å². The van der Waals surface area contributed by atoms with E-state index < -0.39 is 5.41 Å². The zero-order valence-electron chi connectivity index (χ0n) is 13.1. The average Bonchev–Trinajstić information content (AvgIpc) is 2.50. The van der Waals surface area contributed by atoms with E-state index in [0.29, 0.717) is 13.1 Å². The van der Waals surface area contributed by atoms with E-state index in [1.165, 1.54) is 7.11 Å². The van der Waals surface area contributed by atoms with Gasteiger partial charge in [0.25, 0.3) is 0 Å². The molecule has 116 valence electrons. The van der Waals surface area contributed by atoms with Crippen molar-refractivity contribution in [2.45, 2.75) is 33.4 Å². The van der Waals surface area contributed by atoms with Gasteiger partial charge in [-0.1, -0.05) is 30.3 Å². The molecule has 0 spiro atoms. The summed E-state index contributed by atoms with van der Waals surface area (Å²) in [6.45, 7) is 6.19. The summed E-state index contributed by atoms with van der Waals surface area (Å²) in [6, 6.07) is 9.34. The molecular formula is C16H24N2O3. The Hall–Kier alpha value is -1.88. The Bertz CT molecular complexity index is 472. The topological polar surface area (TPSA) is 67.4 Å². The van der Waals surface area contributed by atoms with Gasteiger partial charge in [-0.05, 0) is 26.3 Å². The van der Waals surface area contributed by atoms with Crippen molar-refractivity contribution < 1.29 is 14.3 Å². The van der Waals surface area contributed by atoms with Crippen LogP contribution in [0.5, 0.6) is 0 Å². The van der Waals surface area contributed by atoms with Crippen molar-refractivity contribution in [2.24, 2.45) is 5.41 Å². The predicted octanol–water partition coefficient (Wildman–Crippen LogP) is 1.48. The number of methoxy groups -OCH3 is 1. The molecule has 5 nitrogen and oxygen atoms in total. The van der Waals surface area contributed by atoms with Crippen LogP contribution in [0, 0.1) is 5.41 Å². The number of nitrogens with one attached hydrogen (secondary N) is 2. The molecule has 0 radical (unpaired) electrons. The number of hydrogen-bond acceptors (Lipinski definition) is 4. The van der Waals surface area contributed by atoms with Gasteiger partial charge in [0.15, 0.2) is 0 Å². The number of hydrogen-bond donors (Lipinski definition) is 2. The molecule has 1 atom stereocenters. The fraction of sp³-hybridized carbons (Fsp3) is 0.500. The molecule has 0 aromatic heterocycles. The fourth-order valence-corrected chi connectivity index (χ4v) is 1.79. The lowest BCUT2D eigenvalue weighted by Crippen LogP contribution is -2.47. The minimum absolute atomic E-state index is 0.0977. The molecule has 0 saturated heterocycles. The van der Waals surface area contributed by atoms with E-state index in [1.807, 2.05) is 30.3 Å². The normalized spacial score (nSPS) is 12.6. The second-order valence-electron chi connectivity index (χ2n) is 5.68. The number of rotatable bonds is 7. The van der Waals surface area contributed by atoms with Gasteiger partial charge in [-0.15, -0.1) is 0 Å². The smallest absolute Gasteiger partial charge is 0.312 e. The highest BCUT2D eigenvalue weighted by atomic mass is 16.5. The van der Waals surface area contributed by atoms with Crippen molar-refractivity contribution in [1.82, 2.24) is 10.6 Å². The molecule has 21 heavy (non-hydrogen) atoms. The molecule has 0 saturated carbocycles. The van der Waals surface area contributed by atoms with E-state index in [2.05, 4.69) is 10.6 Å². The molecule has 1 aromatic rings. The molecule has 1 amide bonds. The molecule has 0 aliphatic rings. The van der Waals surface area contributed by atoms with Crippen molar-refractivity contribution in [2.75, 3.05) is 13.7 Å².